The number of ether oxygens (including phenoxy) is 1. The van der Waals surface area contributed by atoms with Crippen molar-refractivity contribution >= 4 is 0 Å². The van der Waals surface area contributed by atoms with Gasteiger partial charge in [-0.2, -0.15) is 0 Å². The summed E-state index contributed by atoms with van der Waals surface area (Å²) in [5, 5.41) is 12.4. The van der Waals surface area contributed by atoms with Crippen molar-refractivity contribution in [3.63, 3.8) is 0 Å². The van der Waals surface area contributed by atoms with E-state index in [0.717, 1.165) is 29.8 Å². The molecule has 0 spiro atoms. The second kappa shape index (κ2) is 9.09. The van der Waals surface area contributed by atoms with Crippen molar-refractivity contribution in [3.05, 3.63) is 107 Å². The van der Waals surface area contributed by atoms with Crippen LogP contribution in [0.2, 0.25) is 0 Å². The topological polar surface area (TPSA) is 32.7 Å². The lowest BCUT2D eigenvalue weighted by atomic mass is 9.72. The first-order valence-corrected chi connectivity index (χ1v) is 10.5. The summed E-state index contributed by atoms with van der Waals surface area (Å²) in [6, 6.07) is 24.3. The molecule has 1 aliphatic heterocycles. The predicted molar refractivity (Wildman–Crippen MR) is 117 cm³/mol. The molecular formula is C26H28FNO2. The van der Waals surface area contributed by atoms with Gasteiger partial charge in [0.2, 0.25) is 0 Å². The van der Waals surface area contributed by atoms with Gasteiger partial charge in [-0.3, -0.25) is 4.90 Å². The molecule has 3 aromatic rings. The summed E-state index contributed by atoms with van der Waals surface area (Å²) in [5.74, 6) is -0.542. The van der Waals surface area contributed by atoms with Gasteiger partial charge in [0.15, 0.2) is 0 Å². The van der Waals surface area contributed by atoms with Gasteiger partial charge in [0.1, 0.15) is 11.4 Å². The van der Waals surface area contributed by atoms with Crippen LogP contribution in [0.4, 0.5) is 4.39 Å². The van der Waals surface area contributed by atoms with Gasteiger partial charge in [0, 0.05) is 25.6 Å². The average molecular weight is 406 g/mol. The maximum absolute atomic E-state index is 13.7. The lowest BCUT2D eigenvalue weighted by Crippen LogP contribution is -2.45. The Bertz CT molecular complexity index is 890. The number of benzene rings is 3. The molecule has 30 heavy (non-hydrogen) atoms. The number of halogens is 1. The zero-order valence-corrected chi connectivity index (χ0v) is 17.3. The molecule has 4 rings (SSSR count). The fourth-order valence-corrected chi connectivity index (χ4v) is 4.29. The summed E-state index contributed by atoms with van der Waals surface area (Å²) in [7, 11) is 0. The molecule has 0 aliphatic carbocycles. The van der Waals surface area contributed by atoms with Crippen molar-refractivity contribution in [1.82, 2.24) is 4.90 Å². The number of aryl methyl sites for hydroxylation is 1. The third kappa shape index (κ3) is 4.31. The second-order valence-corrected chi connectivity index (χ2v) is 8.02. The van der Waals surface area contributed by atoms with Gasteiger partial charge in [0.25, 0.3) is 0 Å². The highest BCUT2D eigenvalue weighted by atomic mass is 19.1. The number of rotatable bonds is 6. The van der Waals surface area contributed by atoms with E-state index in [1.165, 1.54) is 12.1 Å². The molecule has 1 saturated heterocycles. The van der Waals surface area contributed by atoms with Gasteiger partial charge < -0.3 is 9.84 Å². The number of nitrogens with zero attached hydrogens (tertiary/aromatic N) is 1. The van der Waals surface area contributed by atoms with E-state index < -0.39 is 5.60 Å². The molecule has 4 heteroatoms. The van der Waals surface area contributed by atoms with E-state index in [4.69, 9.17) is 4.74 Å². The van der Waals surface area contributed by atoms with Crippen LogP contribution in [0.5, 0.6) is 0 Å². The maximum Gasteiger partial charge on any atom is 0.123 e. The first kappa shape index (κ1) is 20.7. The zero-order valence-electron chi connectivity index (χ0n) is 17.3. The quantitative estimate of drug-likeness (QED) is 0.656. The molecule has 3 aromatic carbocycles. The Labute approximate surface area is 177 Å². The minimum Gasteiger partial charge on any atom is -0.380 e. The molecule has 0 aromatic heterocycles. The van der Waals surface area contributed by atoms with Crippen LogP contribution in [-0.2, 0) is 10.3 Å². The Morgan fingerprint density at radius 3 is 2.07 bits per heavy atom. The van der Waals surface area contributed by atoms with Crippen LogP contribution in [0.15, 0.2) is 78.9 Å². The fraction of sp³-hybridized carbons (Fsp3) is 0.308. The van der Waals surface area contributed by atoms with E-state index in [9.17, 15) is 9.50 Å². The first-order chi connectivity index (χ1) is 14.6. The molecule has 2 atom stereocenters. The Morgan fingerprint density at radius 2 is 1.47 bits per heavy atom. The Morgan fingerprint density at radius 1 is 0.900 bits per heavy atom. The third-order valence-corrected chi connectivity index (χ3v) is 6.03. The van der Waals surface area contributed by atoms with E-state index in [-0.39, 0.29) is 11.7 Å². The van der Waals surface area contributed by atoms with Gasteiger partial charge in [-0.1, -0.05) is 72.3 Å². The van der Waals surface area contributed by atoms with E-state index in [0.29, 0.717) is 25.3 Å². The highest BCUT2D eigenvalue weighted by molar-refractivity contribution is 5.43. The number of aliphatic hydroxyl groups is 1. The second-order valence-electron chi connectivity index (χ2n) is 8.02. The van der Waals surface area contributed by atoms with Crippen molar-refractivity contribution in [2.24, 2.45) is 0 Å². The van der Waals surface area contributed by atoms with E-state index in [1.54, 1.807) is 12.1 Å². The summed E-state index contributed by atoms with van der Waals surface area (Å²) in [5.41, 5.74) is 2.37. The lowest BCUT2D eigenvalue weighted by molar-refractivity contribution is 0.000740. The average Bonchev–Trinajstić information content (AvgIpc) is 2.79. The van der Waals surface area contributed by atoms with Crippen molar-refractivity contribution in [2.75, 3.05) is 32.8 Å². The van der Waals surface area contributed by atoms with Gasteiger partial charge in [-0.05, 0) is 35.7 Å². The van der Waals surface area contributed by atoms with E-state index in [1.807, 2.05) is 49.4 Å². The van der Waals surface area contributed by atoms with Crippen LogP contribution < -0.4 is 0 Å². The molecule has 1 fully saturated rings. The van der Waals surface area contributed by atoms with Crippen molar-refractivity contribution in [2.45, 2.75) is 18.4 Å². The Hall–Kier alpha value is -2.53. The predicted octanol–water partition coefficient (Wildman–Crippen LogP) is 4.49. The van der Waals surface area contributed by atoms with Crippen LogP contribution in [-0.4, -0.2) is 42.9 Å². The van der Waals surface area contributed by atoms with Crippen molar-refractivity contribution in [3.8, 4) is 0 Å². The third-order valence-electron chi connectivity index (χ3n) is 6.03. The smallest absolute Gasteiger partial charge is 0.123 e. The molecular weight excluding hydrogens is 377 g/mol. The van der Waals surface area contributed by atoms with Gasteiger partial charge in [0.05, 0.1) is 13.2 Å². The molecule has 0 amide bonds. The lowest BCUT2D eigenvalue weighted by Gasteiger charge is -2.41. The molecule has 1 heterocycles. The maximum atomic E-state index is 13.7. The van der Waals surface area contributed by atoms with Gasteiger partial charge in [-0.25, -0.2) is 4.39 Å². The van der Waals surface area contributed by atoms with Crippen LogP contribution in [0.3, 0.4) is 0 Å². The van der Waals surface area contributed by atoms with Crippen molar-refractivity contribution in [1.29, 1.82) is 0 Å². The summed E-state index contributed by atoms with van der Waals surface area (Å²) < 4.78 is 19.2. The zero-order chi connectivity index (χ0) is 21.0. The molecule has 3 nitrogen and oxygen atoms in total. The highest BCUT2D eigenvalue weighted by Gasteiger charge is 2.42. The fourth-order valence-electron chi connectivity index (χ4n) is 4.29. The molecule has 0 radical (unpaired) electrons. The van der Waals surface area contributed by atoms with Gasteiger partial charge in [-0.15, -0.1) is 0 Å². The number of hydrogen-bond donors (Lipinski definition) is 1. The normalized spacial score (nSPS) is 18.0. The molecule has 0 bridgehead atoms. The highest BCUT2D eigenvalue weighted by Crippen LogP contribution is 2.43. The molecule has 0 saturated carbocycles. The van der Waals surface area contributed by atoms with E-state index >= 15 is 0 Å². The van der Waals surface area contributed by atoms with Gasteiger partial charge >= 0.3 is 0 Å². The summed E-state index contributed by atoms with van der Waals surface area (Å²) in [6.45, 7) is 5.76. The number of morpholine rings is 1. The monoisotopic (exact) mass is 405 g/mol. The standard InChI is InChI=1S/C26H28FNO2/c1-20-7-9-22(10-8-20)26(29,23-11-13-24(27)14-12-23)25(21-5-3-2-4-6-21)19-28-15-17-30-18-16-28/h2-14,25,29H,15-19H2,1H3/t25-,26+/m0/s1. The van der Waals surface area contributed by atoms with Crippen LogP contribution in [0, 0.1) is 12.7 Å². The van der Waals surface area contributed by atoms with Crippen LogP contribution in [0.25, 0.3) is 0 Å². The van der Waals surface area contributed by atoms with Crippen LogP contribution in [0.1, 0.15) is 28.2 Å². The number of hydrogen-bond acceptors (Lipinski definition) is 3. The largest absolute Gasteiger partial charge is 0.380 e. The summed E-state index contributed by atoms with van der Waals surface area (Å²) in [4.78, 5) is 2.34. The molecule has 1 aliphatic rings. The van der Waals surface area contributed by atoms with Crippen molar-refractivity contribution < 1.29 is 14.2 Å². The summed E-state index contributed by atoms with van der Waals surface area (Å²) in [6.07, 6.45) is 0. The summed E-state index contributed by atoms with van der Waals surface area (Å²) >= 11 is 0. The minimum atomic E-state index is -1.30. The SMILES string of the molecule is Cc1ccc([C@@](O)(c2ccc(F)cc2)[C@@H](CN2CCOCC2)c2ccccc2)cc1. The molecule has 156 valence electrons. The molecule has 1 N–H and O–H groups in total. The van der Waals surface area contributed by atoms with E-state index in [2.05, 4.69) is 17.0 Å². The molecule has 0 unspecified atom stereocenters. The minimum absolute atomic E-state index is 0.232. The Kier molecular flexibility index (Phi) is 6.28. The Balaban J connectivity index is 1.85. The van der Waals surface area contributed by atoms with Crippen LogP contribution >= 0.6 is 0 Å². The first-order valence-electron chi connectivity index (χ1n) is 10.5.